The highest BCUT2D eigenvalue weighted by atomic mass is 35.5. The first-order valence-electron chi connectivity index (χ1n) is 8.31. The maximum absolute atomic E-state index is 12.6. The number of pyridine rings is 1. The van der Waals surface area contributed by atoms with Gasteiger partial charge in [0.15, 0.2) is 0 Å². The zero-order valence-corrected chi connectivity index (χ0v) is 15.8. The van der Waals surface area contributed by atoms with Gasteiger partial charge in [0.2, 0.25) is 10.0 Å². The van der Waals surface area contributed by atoms with Crippen LogP contribution >= 0.6 is 11.6 Å². The van der Waals surface area contributed by atoms with E-state index in [-0.39, 0.29) is 11.4 Å². The number of fused-ring (bicyclic) bond motifs is 1. The summed E-state index contributed by atoms with van der Waals surface area (Å²) >= 11 is 5.85. The number of hydrogen-bond donors (Lipinski definition) is 1. The molecule has 1 N–H and O–H groups in total. The van der Waals surface area contributed by atoms with Crippen LogP contribution in [0.25, 0.3) is 16.9 Å². The Bertz CT molecular complexity index is 1190. The highest BCUT2D eigenvalue weighted by Gasteiger charge is 2.18. The fraction of sp³-hybridized carbons (Fsp3) is 0.0500. The number of hydrogen-bond acceptors (Lipinski definition) is 3. The molecule has 0 aliphatic heterocycles. The molecular weight excluding hydrogens is 382 g/mol. The molecule has 0 bridgehead atoms. The monoisotopic (exact) mass is 397 g/mol. The van der Waals surface area contributed by atoms with Gasteiger partial charge in [0.25, 0.3) is 0 Å². The number of nitrogens with zero attached hydrogens (tertiary/aromatic N) is 2. The van der Waals surface area contributed by atoms with Crippen molar-refractivity contribution in [2.45, 2.75) is 11.4 Å². The van der Waals surface area contributed by atoms with Gasteiger partial charge in [0.1, 0.15) is 5.65 Å². The molecule has 2 aromatic carbocycles. The van der Waals surface area contributed by atoms with Crippen LogP contribution in [0.1, 0.15) is 5.69 Å². The molecule has 2 heterocycles. The number of imidazole rings is 1. The fourth-order valence-electron chi connectivity index (χ4n) is 2.90. The van der Waals surface area contributed by atoms with Crippen molar-refractivity contribution in [2.75, 3.05) is 0 Å². The molecule has 0 spiro atoms. The lowest BCUT2D eigenvalue weighted by atomic mass is 10.1. The van der Waals surface area contributed by atoms with Crippen molar-refractivity contribution in [1.29, 1.82) is 0 Å². The third-order valence-electron chi connectivity index (χ3n) is 4.23. The normalized spacial score (nSPS) is 11.7. The minimum Gasteiger partial charge on any atom is -0.302 e. The maximum atomic E-state index is 12.6. The van der Waals surface area contributed by atoms with Crippen LogP contribution in [0, 0.1) is 0 Å². The Kier molecular flexibility index (Phi) is 4.70. The molecule has 0 fully saturated rings. The van der Waals surface area contributed by atoms with E-state index in [1.54, 1.807) is 12.1 Å². The largest absolute Gasteiger partial charge is 0.302 e. The lowest BCUT2D eigenvalue weighted by Crippen LogP contribution is -2.24. The van der Waals surface area contributed by atoms with E-state index >= 15 is 0 Å². The number of nitrogens with one attached hydrogen (secondary N) is 1. The molecule has 4 aromatic rings. The van der Waals surface area contributed by atoms with Crippen molar-refractivity contribution < 1.29 is 8.42 Å². The van der Waals surface area contributed by atoms with Gasteiger partial charge in [0.05, 0.1) is 22.8 Å². The highest BCUT2D eigenvalue weighted by molar-refractivity contribution is 7.89. The summed E-state index contributed by atoms with van der Waals surface area (Å²) in [5, 5.41) is 0.488. The van der Waals surface area contributed by atoms with E-state index in [1.165, 1.54) is 12.1 Å². The smallest absolute Gasteiger partial charge is 0.240 e. The Hall–Kier alpha value is -2.67. The zero-order valence-electron chi connectivity index (χ0n) is 14.2. The first-order valence-corrected chi connectivity index (χ1v) is 10.2. The van der Waals surface area contributed by atoms with Crippen LogP contribution in [0.2, 0.25) is 5.02 Å². The number of halogens is 1. The zero-order chi connectivity index (χ0) is 18.9. The molecule has 5 nitrogen and oxygen atoms in total. The fourth-order valence-corrected chi connectivity index (χ4v) is 4.02. The minimum atomic E-state index is -3.67. The summed E-state index contributed by atoms with van der Waals surface area (Å²) in [5.74, 6) is 0. The Labute approximate surface area is 162 Å². The van der Waals surface area contributed by atoms with Crippen LogP contribution in [0.5, 0.6) is 0 Å². The standard InChI is InChI=1S/C20H16ClN3O2S/c21-16-9-11-17(12-10-16)27(25,26)22-14-18-20(15-6-2-1-3-7-15)23-19-8-4-5-13-24(18)19/h1-13,22H,14H2. The van der Waals surface area contributed by atoms with Crippen molar-refractivity contribution in [3.8, 4) is 11.3 Å². The van der Waals surface area contributed by atoms with Gasteiger partial charge in [-0.05, 0) is 36.4 Å². The quantitative estimate of drug-likeness (QED) is 0.550. The van der Waals surface area contributed by atoms with E-state index < -0.39 is 10.0 Å². The SMILES string of the molecule is O=S(=O)(NCc1c(-c2ccccc2)nc2ccccn12)c1ccc(Cl)cc1. The predicted octanol–water partition coefficient (Wildman–Crippen LogP) is 4.13. The van der Waals surface area contributed by atoms with Crippen LogP contribution in [-0.4, -0.2) is 17.8 Å². The summed E-state index contributed by atoms with van der Waals surface area (Å²) in [6.07, 6.45) is 1.88. The van der Waals surface area contributed by atoms with Crippen LogP contribution < -0.4 is 4.72 Å². The van der Waals surface area contributed by atoms with Crippen molar-refractivity contribution in [2.24, 2.45) is 0 Å². The molecule has 0 saturated carbocycles. The molecule has 7 heteroatoms. The summed E-state index contributed by atoms with van der Waals surface area (Å²) in [5.41, 5.74) is 3.22. The lowest BCUT2D eigenvalue weighted by Gasteiger charge is -2.09. The minimum absolute atomic E-state index is 0.111. The number of benzene rings is 2. The second kappa shape index (κ2) is 7.15. The van der Waals surface area contributed by atoms with Gasteiger partial charge in [0, 0.05) is 16.8 Å². The Morgan fingerprint density at radius 1 is 0.926 bits per heavy atom. The van der Waals surface area contributed by atoms with Crippen molar-refractivity contribution in [3.63, 3.8) is 0 Å². The molecular formula is C20H16ClN3O2S. The third-order valence-corrected chi connectivity index (χ3v) is 5.90. The molecule has 136 valence electrons. The topological polar surface area (TPSA) is 63.5 Å². The van der Waals surface area contributed by atoms with Crippen LogP contribution in [0.4, 0.5) is 0 Å². The molecule has 27 heavy (non-hydrogen) atoms. The van der Waals surface area contributed by atoms with E-state index in [1.807, 2.05) is 59.1 Å². The molecule has 0 aliphatic carbocycles. The van der Waals surface area contributed by atoms with Gasteiger partial charge in [-0.2, -0.15) is 0 Å². The summed E-state index contributed by atoms with van der Waals surface area (Å²) in [6, 6.07) is 21.5. The second-order valence-electron chi connectivity index (χ2n) is 5.98. The third kappa shape index (κ3) is 3.60. The molecule has 0 aliphatic rings. The molecule has 0 amide bonds. The molecule has 0 saturated heterocycles. The van der Waals surface area contributed by atoms with E-state index in [4.69, 9.17) is 11.6 Å². The second-order valence-corrected chi connectivity index (χ2v) is 8.18. The lowest BCUT2D eigenvalue weighted by molar-refractivity contribution is 0.580. The van der Waals surface area contributed by atoms with Gasteiger partial charge in [-0.3, -0.25) is 0 Å². The van der Waals surface area contributed by atoms with Gasteiger partial charge in [-0.15, -0.1) is 0 Å². The number of sulfonamides is 1. The Morgan fingerprint density at radius 3 is 2.37 bits per heavy atom. The van der Waals surface area contributed by atoms with E-state index in [0.717, 1.165) is 22.6 Å². The molecule has 0 unspecified atom stereocenters. The van der Waals surface area contributed by atoms with Gasteiger partial charge in [-0.1, -0.05) is 48.0 Å². The van der Waals surface area contributed by atoms with E-state index in [0.29, 0.717) is 5.02 Å². The van der Waals surface area contributed by atoms with Gasteiger partial charge >= 0.3 is 0 Å². The molecule has 0 radical (unpaired) electrons. The molecule has 2 aromatic heterocycles. The highest BCUT2D eigenvalue weighted by Crippen LogP contribution is 2.25. The van der Waals surface area contributed by atoms with Gasteiger partial charge in [-0.25, -0.2) is 18.1 Å². The molecule has 4 rings (SSSR count). The average molecular weight is 398 g/mol. The average Bonchev–Trinajstić information content (AvgIpc) is 3.06. The van der Waals surface area contributed by atoms with Crippen LogP contribution in [-0.2, 0) is 16.6 Å². The van der Waals surface area contributed by atoms with Crippen molar-refractivity contribution >= 4 is 27.3 Å². The summed E-state index contributed by atoms with van der Waals surface area (Å²) < 4.78 is 29.8. The number of aromatic nitrogens is 2. The van der Waals surface area contributed by atoms with Crippen LogP contribution in [0.3, 0.4) is 0 Å². The molecule has 0 atom stereocenters. The first kappa shape index (κ1) is 17.7. The van der Waals surface area contributed by atoms with Crippen LogP contribution in [0.15, 0.2) is 83.9 Å². The number of rotatable bonds is 5. The van der Waals surface area contributed by atoms with Crippen molar-refractivity contribution in [3.05, 3.63) is 89.7 Å². The van der Waals surface area contributed by atoms with Gasteiger partial charge < -0.3 is 4.40 Å². The summed E-state index contributed by atoms with van der Waals surface area (Å²) in [4.78, 5) is 4.85. The summed E-state index contributed by atoms with van der Waals surface area (Å²) in [6.45, 7) is 0.111. The van der Waals surface area contributed by atoms with E-state index in [2.05, 4.69) is 9.71 Å². The Balaban J connectivity index is 1.72. The van der Waals surface area contributed by atoms with Crippen molar-refractivity contribution in [1.82, 2.24) is 14.1 Å². The van der Waals surface area contributed by atoms with E-state index in [9.17, 15) is 8.42 Å². The predicted molar refractivity (Wildman–Crippen MR) is 106 cm³/mol. The first-order chi connectivity index (χ1) is 13.0. The maximum Gasteiger partial charge on any atom is 0.240 e. The Morgan fingerprint density at radius 2 is 1.63 bits per heavy atom. The summed E-state index contributed by atoms with van der Waals surface area (Å²) in [7, 11) is -3.67.